The van der Waals surface area contributed by atoms with E-state index in [2.05, 4.69) is 0 Å². The van der Waals surface area contributed by atoms with Crippen molar-refractivity contribution in [3.05, 3.63) is 0 Å². The molecule has 5 nitrogen and oxygen atoms in total. The molecule has 86 valence electrons. The van der Waals surface area contributed by atoms with Gasteiger partial charge in [0.15, 0.2) is 0 Å². The summed E-state index contributed by atoms with van der Waals surface area (Å²) in [7, 11) is -2.97. The molecule has 1 rings (SSSR count). The molecule has 0 aromatic heterocycles. The molecule has 1 aliphatic rings. The van der Waals surface area contributed by atoms with Crippen LogP contribution in [0.3, 0.4) is 0 Å². The van der Waals surface area contributed by atoms with E-state index in [1.54, 1.807) is 0 Å². The third-order valence-corrected chi connectivity index (χ3v) is 4.40. The van der Waals surface area contributed by atoms with Crippen molar-refractivity contribution in [3.8, 4) is 0 Å². The van der Waals surface area contributed by atoms with Crippen molar-refractivity contribution in [2.24, 2.45) is 0 Å². The average Bonchev–Trinajstić information content (AvgIpc) is 2.29. The van der Waals surface area contributed by atoms with Gasteiger partial charge < -0.3 is 0 Å². The Morgan fingerprint density at radius 3 is 3.00 bits per heavy atom. The first-order valence-electron chi connectivity index (χ1n) is 5.03. The fourth-order valence-electron chi connectivity index (χ4n) is 1.57. The van der Waals surface area contributed by atoms with Crippen LogP contribution < -0.4 is 0 Å². The fraction of sp³-hybridized carbons (Fsp3) is 1.00. The first kappa shape index (κ1) is 12.3. The van der Waals surface area contributed by atoms with Crippen LogP contribution in [-0.2, 0) is 9.05 Å². The Kier molecular flexibility index (Phi) is 5.23. The van der Waals surface area contributed by atoms with Gasteiger partial charge in [-0.25, -0.2) is 0 Å². The Bertz CT molecular complexity index is 171. The Balaban J connectivity index is 2.49. The van der Waals surface area contributed by atoms with Crippen LogP contribution in [0, 0.1) is 0 Å². The van der Waals surface area contributed by atoms with Gasteiger partial charge >= 0.3 is 84.4 Å². The fourth-order valence-corrected chi connectivity index (χ4v) is 3.63. The van der Waals surface area contributed by atoms with Crippen LogP contribution in [0.4, 0.5) is 0 Å². The van der Waals surface area contributed by atoms with E-state index in [1.807, 2.05) is 11.8 Å². The van der Waals surface area contributed by atoms with E-state index in [0.717, 1.165) is 13.0 Å². The number of β-amino-alcohol motifs (C(OH)–C–C–N with tert-alkyl or cyclic N) is 1. The summed E-state index contributed by atoms with van der Waals surface area (Å²) in [6.07, 6.45) is 1.31. The number of nitrogens with zero attached hydrogens (tertiary/aromatic N) is 1. The third kappa shape index (κ3) is 3.77. The quantitative estimate of drug-likeness (QED) is 0.668. The van der Waals surface area contributed by atoms with Crippen LogP contribution in [-0.4, -0.2) is 54.1 Å². The van der Waals surface area contributed by atoms with E-state index in [4.69, 9.17) is 14.2 Å². The summed E-state index contributed by atoms with van der Waals surface area (Å²) < 4.78 is 10.6. The molecule has 0 aliphatic carbocycles. The Morgan fingerprint density at radius 2 is 2.36 bits per heavy atom. The van der Waals surface area contributed by atoms with E-state index >= 15 is 0 Å². The summed E-state index contributed by atoms with van der Waals surface area (Å²) in [6, 6.07) is 0. The van der Waals surface area contributed by atoms with Crippen molar-refractivity contribution in [2.75, 3.05) is 39.2 Å². The number of aliphatic hydroxyl groups excluding tert-OH is 1. The first-order chi connectivity index (χ1) is 6.70. The second-order valence-corrected chi connectivity index (χ2v) is 5.67. The summed E-state index contributed by atoms with van der Waals surface area (Å²) in [5, 5.41) is 8.82. The van der Waals surface area contributed by atoms with Crippen LogP contribution in [0.15, 0.2) is 0 Å². The minimum absolute atomic E-state index is 0.108. The van der Waals surface area contributed by atoms with Crippen molar-refractivity contribution in [2.45, 2.75) is 13.3 Å². The van der Waals surface area contributed by atoms with Crippen LogP contribution in [0.25, 0.3) is 0 Å². The van der Waals surface area contributed by atoms with E-state index in [9.17, 15) is 4.89 Å². The van der Waals surface area contributed by atoms with Gasteiger partial charge in [0.2, 0.25) is 0 Å². The SMILES string of the molecule is CCO[PH]1(O)CN(CCO)CCCO1. The molecule has 0 atom stereocenters. The van der Waals surface area contributed by atoms with Gasteiger partial charge in [-0.05, 0) is 0 Å². The molecule has 1 fully saturated rings. The maximum absolute atomic E-state index is 10.0. The molecule has 2 N–H and O–H groups in total. The monoisotopic (exact) mass is 225 g/mol. The van der Waals surface area contributed by atoms with E-state index in [1.165, 1.54) is 0 Å². The molecule has 0 saturated carbocycles. The second-order valence-electron chi connectivity index (χ2n) is 3.35. The van der Waals surface area contributed by atoms with Crippen LogP contribution >= 0.6 is 7.94 Å². The van der Waals surface area contributed by atoms with Crippen molar-refractivity contribution in [1.82, 2.24) is 4.90 Å². The van der Waals surface area contributed by atoms with Gasteiger partial charge in [-0.3, -0.25) is 0 Å². The zero-order chi connectivity index (χ0) is 10.4. The van der Waals surface area contributed by atoms with Gasteiger partial charge in [0, 0.05) is 0 Å². The van der Waals surface area contributed by atoms with Gasteiger partial charge in [0.25, 0.3) is 0 Å². The zero-order valence-electron chi connectivity index (χ0n) is 8.61. The Hall–Kier alpha value is 0.230. The molecular formula is C8H20NO4P. The summed E-state index contributed by atoms with van der Waals surface area (Å²) in [5.41, 5.74) is 0. The molecule has 1 aliphatic heterocycles. The van der Waals surface area contributed by atoms with Crippen LogP contribution in [0.5, 0.6) is 0 Å². The normalized spacial score (nSPS) is 25.6. The average molecular weight is 225 g/mol. The van der Waals surface area contributed by atoms with Crippen molar-refractivity contribution in [1.29, 1.82) is 0 Å². The molecule has 6 heteroatoms. The van der Waals surface area contributed by atoms with Crippen LogP contribution in [0.1, 0.15) is 13.3 Å². The number of rotatable bonds is 4. The second kappa shape index (κ2) is 5.95. The summed E-state index contributed by atoms with van der Waals surface area (Å²) in [4.78, 5) is 12.0. The molecule has 1 saturated heterocycles. The van der Waals surface area contributed by atoms with E-state index < -0.39 is 7.94 Å². The third-order valence-electron chi connectivity index (χ3n) is 2.16. The van der Waals surface area contributed by atoms with Crippen LogP contribution in [0.2, 0.25) is 0 Å². The Labute approximate surface area is 85.2 Å². The predicted molar refractivity (Wildman–Crippen MR) is 56.3 cm³/mol. The molecule has 1 heterocycles. The van der Waals surface area contributed by atoms with Gasteiger partial charge in [-0.2, -0.15) is 0 Å². The zero-order valence-corrected chi connectivity index (χ0v) is 9.61. The number of hydrogen-bond donors (Lipinski definition) is 2. The number of aliphatic hydroxyl groups is 1. The van der Waals surface area contributed by atoms with Crippen molar-refractivity contribution < 1.29 is 19.0 Å². The van der Waals surface area contributed by atoms with Gasteiger partial charge in [0.05, 0.1) is 0 Å². The standard InChI is InChI=1S/C8H20NO4P/c1-2-12-14(11)8-9(5-6-10)4-3-7-13-14/h10-11,14H,2-8H2,1H3. The summed E-state index contributed by atoms with van der Waals surface area (Å²) in [5.74, 6) is 0. The summed E-state index contributed by atoms with van der Waals surface area (Å²) in [6.45, 7) is 4.39. The molecule has 0 aromatic carbocycles. The minimum atomic E-state index is -2.97. The van der Waals surface area contributed by atoms with Crippen molar-refractivity contribution in [3.63, 3.8) is 0 Å². The molecule has 0 spiro atoms. The van der Waals surface area contributed by atoms with Gasteiger partial charge in [-0.15, -0.1) is 0 Å². The first-order valence-corrected chi connectivity index (χ1v) is 7.01. The van der Waals surface area contributed by atoms with Crippen molar-refractivity contribution >= 4 is 7.94 Å². The van der Waals surface area contributed by atoms with E-state index in [0.29, 0.717) is 26.0 Å². The van der Waals surface area contributed by atoms with Gasteiger partial charge in [0.1, 0.15) is 0 Å². The molecule has 0 bridgehead atoms. The molecule has 0 aromatic rings. The number of hydrogen-bond acceptors (Lipinski definition) is 5. The topological polar surface area (TPSA) is 62.2 Å². The molecular weight excluding hydrogens is 205 g/mol. The predicted octanol–water partition coefficient (Wildman–Crippen LogP) is 0.182. The molecule has 0 radical (unpaired) electrons. The summed E-state index contributed by atoms with van der Waals surface area (Å²) >= 11 is 0. The van der Waals surface area contributed by atoms with E-state index in [-0.39, 0.29) is 6.61 Å². The van der Waals surface area contributed by atoms with Gasteiger partial charge in [-0.1, -0.05) is 0 Å². The Morgan fingerprint density at radius 1 is 1.57 bits per heavy atom. The molecule has 0 amide bonds. The molecule has 14 heavy (non-hydrogen) atoms. The maximum atomic E-state index is 10.0. The molecule has 0 unspecified atom stereocenters.